The fourth-order valence-corrected chi connectivity index (χ4v) is 11.0. The van der Waals surface area contributed by atoms with Crippen LogP contribution in [0, 0.1) is 35.5 Å². The highest BCUT2D eigenvalue weighted by atomic mass is 35.5. The first-order chi connectivity index (χ1) is 31.1. The number of rotatable bonds is 9. The summed E-state index contributed by atoms with van der Waals surface area (Å²) < 4.78 is 20.9. The first kappa shape index (κ1) is 42.6. The molecule has 6 aliphatic rings. The van der Waals surface area contributed by atoms with Gasteiger partial charge >= 0.3 is 12.2 Å². The average molecular weight is 914 g/mol. The van der Waals surface area contributed by atoms with Crippen molar-refractivity contribution >= 4 is 58.0 Å². The van der Waals surface area contributed by atoms with E-state index in [2.05, 4.69) is 37.4 Å². The number of likely N-dealkylation sites (tertiary alicyclic amines) is 2. The lowest BCUT2D eigenvalue weighted by Crippen LogP contribution is -2.54. The van der Waals surface area contributed by atoms with Gasteiger partial charge in [0.15, 0.2) is 5.15 Å². The summed E-state index contributed by atoms with van der Waals surface area (Å²) in [5.41, 5.74) is 2.63. The highest BCUT2D eigenvalue weighted by Crippen LogP contribution is 2.55. The lowest BCUT2D eigenvalue weighted by atomic mass is 9.90. The Morgan fingerprint density at radius 3 is 1.81 bits per heavy atom. The lowest BCUT2D eigenvalue weighted by Gasteiger charge is -2.35. The minimum absolute atomic E-state index is 0.0624. The van der Waals surface area contributed by atoms with Crippen molar-refractivity contribution in [3.05, 3.63) is 69.6 Å². The molecule has 0 bridgehead atoms. The number of ether oxygens (including phenoxy) is 4. The topological polar surface area (TPSA) is 193 Å². The molecule has 2 unspecified atom stereocenters. The van der Waals surface area contributed by atoms with Gasteiger partial charge in [0, 0.05) is 49.6 Å². The Balaban J connectivity index is 0.845. The van der Waals surface area contributed by atoms with Crippen molar-refractivity contribution in [3.63, 3.8) is 0 Å². The molecule has 2 aromatic heterocycles. The summed E-state index contributed by atoms with van der Waals surface area (Å²) in [5, 5.41) is 8.18. The molecule has 64 heavy (non-hydrogen) atoms. The van der Waals surface area contributed by atoms with Crippen LogP contribution in [0.1, 0.15) is 86.4 Å². The Labute approximate surface area is 379 Å². The molecule has 8 atom stereocenters. The molecule has 0 spiro atoms. The molecule has 16 nitrogen and oxygen atoms in total. The first-order valence-corrected chi connectivity index (χ1v) is 22.9. The van der Waals surface area contributed by atoms with Crippen LogP contribution in [0.3, 0.4) is 0 Å². The minimum atomic E-state index is -0.731. The predicted octanol–water partition coefficient (Wildman–Crippen LogP) is 6.29. The SMILES string of the molecule is COC(=O)NC(C(=O)N1[C@@H]2C[C@@H]2C[C@H]1c1nc(-c2ccc3cc(C#Cc4[nH]c([C@@H]5C[C@H]6C[C@H]6N5C(=O)C(NC(=O)OC)C5CCOCC5)nc4Cl)ccc3c2)c(Cl)[nH]1)C1CCOCC1. The second-order valence-corrected chi connectivity index (χ2v) is 18.6. The van der Waals surface area contributed by atoms with Crippen LogP contribution < -0.4 is 10.6 Å². The maximum Gasteiger partial charge on any atom is 0.407 e. The number of piperidine rings is 2. The molecular formula is C46H50Cl2N8O8. The van der Waals surface area contributed by atoms with Crippen LogP contribution in [0.5, 0.6) is 0 Å². The third-order valence-corrected chi connectivity index (χ3v) is 14.6. The second kappa shape index (κ2) is 17.6. The van der Waals surface area contributed by atoms with Crippen molar-refractivity contribution < 1.29 is 38.1 Å². The van der Waals surface area contributed by atoms with Crippen LogP contribution in [-0.4, -0.2) is 119 Å². The zero-order chi connectivity index (χ0) is 44.2. The van der Waals surface area contributed by atoms with Gasteiger partial charge in [0.05, 0.1) is 26.3 Å². The van der Waals surface area contributed by atoms with Crippen LogP contribution >= 0.6 is 23.2 Å². The molecule has 4 aromatic rings. The molecule has 10 rings (SSSR count). The van der Waals surface area contributed by atoms with E-state index in [0.717, 1.165) is 47.6 Å². The third-order valence-electron chi connectivity index (χ3n) is 14.1. The molecule has 6 fully saturated rings. The van der Waals surface area contributed by atoms with E-state index in [0.29, 0.717) is 92.1 Å². The lowest BCUT2D eigenvalue weighted by molar-refractivity contribution is -0.138. The van der Waals surface area contributed by atoms with E-state index < -0.39 is 24.3 Å². The molecule has 2 aromatic carbocycles. The number of methoxy groups -OCH3 is 2. The molecular weight excluding hydrogens is 863 g/mol. The highest BCUT2D eigenvalue weighted by molar-refractivity contribution is 6.32. The summed E-state index contributed by atoms with van der Waals surface area (Å²) in [6, 6.07) is 10.0. The van der Waals surface area contributed by atoms with Crippen LogP contribution in [0.2, 0.25) is 10.3 Å². The number of benzene rings is 2. The summed E-state index contributed by atoms with van der Waals surface area (Å²) in [4.78, 5) is 73.3. The zero-order valence-corrected chi connectivity index (χ0v) is 37.0. The van der Waals surface area contributed by atoms with Crippen molar-refractivity contribution in [1.82, 2.24) is 40.4 Å². The standard InChI is InChI=1S/C46H50Cl2N8O8/c1-61-45(59)51-37(24-9-13-63-14-10-24)43(57)55-32-19-29(32)21-34(55)41-49-31(39(47)53-41)8-4-23-3-5-27-18-28(7-6-26(27)17-23)36-40(48)54-42(50-36)35-22-30-20-33(30)56(35)44(58)38(52-46(60)62-2)25-11-15-64-16-12-25/h3,5-7,17-18,24-25,29-30,32-35,37-38H,9-16,19-22H2,1-2H3,(H,49,53)(H,50,54)(H,51,59)(H,52,60)/t29-,30-,32-,33-,34+,35+,37?,38?/m1/s1. The van der Waals surface area contributed by atoms with Crippen molar-refractivity contribution in [2.75, 3.05) is 40.6 Å². The predicted molar refractivity (Wildman–Crippen MR) is 234 cm³/mol. The summed E-state index contributed by atoms with van der Waals surface area (Å²) >= 11 is 13.5. The van der Waals surface area contributed by atoms with Gasteiger partial charge in [-0.05, 0) is 110 Å². The van der Waals surface area contributed by atoms with Crippen molar-refractivity contribution in [1.29, 1.82) is 0 Å². The van der Waals surface area contributed by atoms with Gasteiger partial charge in [0.1, 0.15) is 40.3 Å². The number of H-pyrrole nitrogens is 2. The molecule has 4 aliphatic heterocycles. The molecule has 2 saturated carbocycles. The van der Waals surface area contributed by atoms with Gasteiger partial charge in [0.2, 0.25) is 11.8 Å². The van der Waals surface area contributed by atoms with Gasteiger partial charge in [0.25, 0.3) is 0 Å². The number of hydrogen-bond donors (Lipinski definition) is 4. The summed E-state index contributed by atoms with van der Waals surface area (Å²) in [6.07, 6.45) is 4.75. The van der Waals surface area contributed by atoms with Gasteiger partial charge in [-0.1, -0.05) is 47.3 Å². The Kier molecular flexibility index (Phi) is 11.7. The summed E-state index contributed by atoms with van der Waals surface area (Å²) in [7, 11) is 2.60. The normalized spacial score (nSPS) is 26.0. The van der Waals surface area contributed by atoms with Crippen LogP contribution in [0.4, 0.5) is 9.59 Å². The number of nitrogens with one attached hydrogen (secondary N) is 4. The summed E-state index contributed by atoms with van der Waals surface area (Å²) in [6.45, 7) is 2.14. The van der Waals surface area contributed by atoms with Crippen molar-refractivity contribution in [3.8, 4) is 23.1 Å². The van der Waals surface area contributed by atoms with E-state index >= 15 is 0 Å². The fraction of sp³-hybridized carbons (Fsp3) is 0.522. The molecule has 6 heterocycles. The number of alkyl carbamates (subject to hydrolysis) is 2. The molecule has 2 aliphatic carbocycles. The third kappa shape index (κ3) is 8.27. The van der Waals surface area contributed by atoms with Gasteiger partial charge in [-0.2, -0.15) is 0 Å². The largest absolute Gasteiger partial charge is 0.453 e. The van der Waals surface area contributed by atoms with Gasteiger partial charge in [-0.15, -0.1) is 0 Å². The van der Waals surface area contributed by atoms with Crippen LogP contribution in [-0.2, 0) is 28.5 Å². The van der Waals surface area contributed by atoms with Gasteiger partial charge in [-0.25, -0.2) is 19.6 Å². The number of fused-ring (bicyclic) bond motifs is 3. The number of imidazole rings is 2. The van der Waals surface area contributed by atoms with E-state index in [-0.39, 0.29) is 53.0 Å². The molecule has 4 amide bonds. The average Bonchev–Trinajstić information content (AvgIpc) is 4.04. The smallest absolute Gasteiger partial charge is 0.407 e. The maximum atomic E-state index is 14.3. The highest BCUT2D eigenvalue weighted by Gasteiger charge is 2.58. The number of aromatic nitrogens is 4. The maximum absolute atomic E-state index is 14.3. The van der Waals surface area contributed by atoms with Gasteiger partial charge in [-0.3, -0.25) is 9.59 Å². The fourth-order valence-electron chi connectivity index (χ4n) is 10.5. The van der Waals surface area contributed by atoms with Crippen molar-refractivity contribution in [2.24, 2.45) is 23.7 Å². The number of carbonyl (C=O) groups is 4. The molecule has 18 heteroatoms. The van der Waals surface area contributed by atoms with E-state index in [9.17, 15) is 19.2 Å². The number of carbonyl (C=O) groups excluding carboxylic acids is 4. The number of hydrogen-bond acceptors (Lipinski definition) is 10. The Morgan fingerprint density at radius 2 is 1.25 bits per heavy atom. The Hall–Kier alpha value is -5.34. The van der Waals surface area contributed by atoms with Crippen LogP contribution in [0.25, 0.3) is 22.0 Å². The molecule has 4 N–H and O–H groups in total. The first-order valence-electron chi connectivity index (χ1n) is 22.1. The zero-order valence-electron chi connectivity index (χ0n) is 35.5. The van der Waals surface area contributed by atoms with E-state index in [1.807, 2.05) is 46.2 Å². The minimum Gasteiger partial charge on any atom is -0.453 e. The monoisotopic (exact) mass is 912 g/mol. The number of amides is 4. The number of halogens is 2. The quantitative estimate of drug-likeness (QED) is 0.139. The van der Waals surface area contributed by atoms with E-state index in [1.54, 1.807) is 0 Å². The van der Waals surface area contributed by atoms with E-state index in [1.165, 1.54) is 14.2 Å². The van der Waals surface area contributed by atoms with Crippen molar-refractivity contribution in [2.45, 2.75) is 87.6 Å². The molecule has 336 valence electrons. The van der Waals surface area contributed by atoms with E-state index in [4.69, 9.17) is 47.1 Å². The Bertz CT molecular complexity index is 2540. The number of aromatic amines is 2. The molecule has 4 saturated heterocycles. The van der Waals surface area contributed by atoms with Crippen LogP contribution in [0.15, 0.2) is 36.4 Å². The number of nitrogens with zero attached hydrogens (tertiary/aromatic N) is 4. The summed E-state index contributed by atoms with van der Waals surface area (Å²) in [5.74, 6) is 7.91. The second-order valence-electron chi connectivity index (χ2n) is 17.8. The van der Waals surface area contributed by atoms with Gasteiger partial charge < -0.3 is 49.3 Å². The molecule has 0 radical (unpaired) electrons. The Morgan fingerprint density at radius 1 is 0.719 bits per heavy atom.